The lowest BCUT2D eigenvalue weighted by molar-refractivity contribution is 0.141. The second-order valence-electron chi connectivity index (χ2n) is 5.20. The summed E-state index contributed by atoms with van der Waals surface area (Å²) >= 11 is 0. The molecule has 2 nitrogen and oxygen atoms in total. The molecule has 0 aliphatic heterocycles. The molecule has 2 N–H and O–H groups in total. The van der Waals surface area contributed by atoms with E-state index in [1.807, 2.05) is 0 Å². The monoisotopic (exact) mass is 212 g/mol. The van der Waals surface area contributed by atoms with Gasteiger partial charge in [0.2, 0.25) is 0 Å². The van der Waals surface area contributed by atoms with E-state index in [0.717, 1.165) is 0 Å². The molecule has 0 bridgehead atoms. The molecule has 0 aromatic carbocycles. The number of rotatable bonds is 6. The molecular weight excluding hydrogens is 184 g/mol. The second kappa shape index (κ2) is 6.49. The highest BCUT2D eigenvalue weighted by molar-refractivity contribution is 4.89. The van der Waals surface area contributed by atoms with Gasteiger partial charge in [0.15, 0.2) is 0 Å². The fraction of sp³-hybridized carbons (Fsp3) is 1.00. The molecule has 0 aromatic rings. The van der Waals surface area contributed by atoms with Gasteiger partial charge in [0, 0.05) is 18.1 Å². The van der Waals surface area contributed by atoms with Gasteiger partial charge in [-0.3, -0.25) is 4.90 Å². The molecule has 2 heteroatoms. The van der Waals surface area contributed by atoms with E-state index in [9.17, 15) is 0 Å². The summed E-state index contributed by atoms with van der Waals surface area (Å²) < 4.78 is 0. The third-order valence-electron chi connectivity index (χ3n) is 3.64. The predicted molar refractivity (Wildman–Crippen MR) is 67.0 cm³/mol. The SMILES string of the molecule is CCCCCN(C(C)C)C1CCCC1N. The molecule has 1 aliphatic carbocycles. The zero-order valence-corrected chi connectivity index (χ0v) is 10.7. The van der Waals surface area contributed by atoms with Crippen molar-refractivity contribution < 1.29 is 0 Å². The number of nitrogens with two attached hydrogens (primary N) is 1. The Kier molecular flexibility index (Phi) is 5.62. The highest BCUT2D eigenvalue weighted by atomic mass is 15.2. The van der Waals surface area contributed by atoms with Crippen LogP contribution in [0.5, 0.6) is 0 Å². The molecule has 2 unspecified atom stereocenters. The lowest BCUT2D eigenvalue weighted by atomic mass is 10.1. The Morgan fingerprint density at radius 2 is 2.00 bits per heavy atom. The van der Waals surface area contributed by atoms with Gasteiger partial charge in [0.25, 0.3) is 0 Å². The van der Waals surface area contributed by atoms with Gasteiger partial charge in [0.05, 0.1) is 0 Å². The average molecular weight is 212 g/mol. The summed E-state index contributed by atoms with van der Waals surface area (Å²) in [7, 11) is 0. The van der Waals surface area contributed by atoms with E-state index in [2.05, 4.69) is 25.7 Å². The van der Waals surface area contributed by atoms with Gasteiger partial charge < -0.3 is 5.73 Å². The molecule has 1 fully saturated rings. The van der Waals surface area contributed by atoms with Gasteiger partial charge >= 0.3 is 0 Å². The van der Waals surface area contributed by atoms with Crippen molar-refractivity contribution in [2.24, 2.45) is 5.73 Å². The normalized spacial score (nSPS) is 26.8. The Morgan fingerprint density at radius 1 is 1.27 bits per heavy atom. The van der Waals surface area contributed by atoms with Gasteiger partial charge in [-0.25, -0.2) is 0 Å². The van der Waals surface area contributed by atoms with Crippen LogP contribution in [0.1, 0.15) is 59.3 Å². The standard InChI is InChI=1S/C13H28N2/c1-4-5-6-10-15(11(2)3)13-9-7-8-12(13)14/h11-13H,4-10,14H2,1-3H3. The van der Waals surface area contributed by atoms with Crippen molar-refractivity contribution in [2.75, 3.05) is 6.54 Å². The maximum atomic E-state index is 6.18. The van der Waals surface area contributed by atoms with Crippen LogP contribution in [-0.4, -0.2) is 29.6 Å². The molecule has 1 rings (SSSR count). The molecule has 0 heterocycles. The first-order chi connectivity index (χ1) is 7.16. The third-order valence-corrected chi connectivity index (χ3v) is 3.64. The summed E-state index contributed by atoms with van der Waals surface area (Å²) in [6, 6.07) is 1.73. The number of hydrogen-bond acceptors (Lipinski definition) is 2. The van der Waals surface area contributed by atoms with Crippen molar-refractivity contribution in [3.05, 3.63) is 0 Å². The average Bonchev–Trinajstić information content (AvgIpc) is 2.59. The van der Waals surface area contributed by atoms with Crippen LogP contribution in [0.2, 0.25) is 0 Å². The lowest BCUT2D eigenvalue weighted by Crippen LogP contribution is -2.48. The van der Waals surface area contributed by atoms with Crippen molar-refractivity contribution in [1.29, 1.82) is 0 Å². The third kappa shape index (κ3) is 3.76. The molecule has 15 heavy (non-hydrogen) atoms. The molecule has 0 aromatic heterocycles. The van der Waals surface area contributed by atoms with Gasteiger partial charge in [-0.2, -0.15) is 0 Å². The van der Waals surface area contributed by atoms with E-state index in [0.29, 0.717) is 18.1 Å². The molecule has 1 saturated carbocycles. The minimum Gasteiger partial charge on any atom is -0.326 e. The van der Waals surface area contributed by atoms with Crippen molar-refractivity contribution in [1.82, 2.24) is 4.90 Å². The minimum atomic E-state index is 0.425. The first kappa shape index (κ1) is 13.0. The summed E-state index contributed by atoms with van der Waals surface area (Å²) in [5.41, 5.74) is 6.18. The second-order valence-corrected chi connectivity index (χ2v) is 5.20. The van der Waals surface area contributed by atoms with Crippen LogP contribution in [0.15, 0.2) is 0 Å². The summed E-state index contributed by atoms with van der Waals surface area (Å²) in [4.78, 5) is 2.63. The highest BCUT2D eigenvalue weighted by Crippen LogP contribution is 2.24. The molecular formula is C13H28N2. The van der Waals surface area contributed by atoms with Crippen molar-refractivity contribution in [3.63, 3.8) is 0 Å². The summed E-state index contributed by atoms with van der Waals surface area (Å²) in [5, 5.41) is 0. The molecule has 2 atom stereocenters. The van der Waals surface area contributed by atoms with Gasteiger partial charge in [-0.05, 0) is 39.7 Å². The topological polar surface area (TPSA) is 29.3 Å². The summed E-state index contributed by atoms with van der Waals surface area (Å²) in [5.74, 6) is 0. The zero-order chi connectivity index (χ0) is 11.3. The quantitative estimate of drug-likeness (QED) is 0.686. The van der Waals surface area contributed by atoms with Crippen LogP contribution in [0, 0.1) is 0 Å². The molecule has 90 valence electrons. The van der Waals surface area contributed by atoms with E-state index >= 15 is 0 Å². The van der Waals surface area contributed by atoms with Crippen molar-refractivity contribution in [2.45, 2.75) is 77.4 Å². The molecule has 1 aliphatic rings. The minimum absolute atomic E-state index is 0.425. The Morgan fingerprint density at radius 3 is 2.47 bits per heavy atom. The molecule has 0 saturated heterocycles. The van der Waals surface area contributed by atoms with Crippen LogP contribution in [0.4, 0.5) is 0 Å². The van der Waals surface area contributed by atoms with E-state index in [-0.39, 0.29) is 0 Å². The number of hydrogen-bond donors (Lipinski definition) is 1. The Balaban J connectivity index is 2.42. The lowest BCUT2D eigenvalue weighted by Gasteiger charge is -2.35. The summed E-state index contributed by atoms with van der Waals surface area (Å²) in [6.45, 7) is 8.11. The maximum absolute atomic E-state index is 6.18. The van der Waals surface area contributed by atoms with E-state index in [4.69, 9.17) is 5.73 Å². The fourth-order valence-corrected chi connectivity index (χ4v) is 2.73. The van der Waals surface area contributed by atoms with E-state index in [1.54, 1.807) is 0 Å². The zero-order valence-electron chi connectivity index (χ0n) is 10.7. The molecule has 0 spiro atoms. The number of unbranched alkanes of at least 4 members (excludes halogenated alkanes) is 2. The van der Waals surface area contributed by atoms with Crippen LogP contribution >= 0.6 is 0 Å². The summed E-state index contributed by atoms with van der Waals surface area (Å²) in [6.07, 6.45) is 7.85. The van der Waals surface area contributed by atoms with E-state index in [1.165, 1.54) is 45.1 Å². The fourth-order valence-electron chi connectivity index (χ4n) is 2.73. The molecule has 0 amide bonds. The van der Waals surface area contributed by atoms with Gasteiger partial charge in [0.1, 0.15) is 0 Å². The van der Waals surface area contributed by atoms with Crippen LogP contribution in [0.3, 0.4) is 0 Å². The highest BCUT2D eigenvalue weighted by Gasteiger charge is 2.30. The van der Waals surface area contributed by atoms with Gasteiger partial charge in [-0.1, -0.05) is 26.2 Å². The first-order valence-electron chi connectivity index (χ1n) is 6.68. The van der Waals surface area contributed by atoms with Crippen LogP contribution < -0.4 is 5.73 Å². The van der Waals surface area contributed by atoms with Gasteiger partial charge in [-0.15, -0.1) is 0 Å². The van der Waals surface area contributed by atoms with Crippen LogP contribution in [0.25, 0.3) is 0 Å². The van der Waals surface area contributed by atoms with Crippen molar-refractivity contribution >= 4 is 0 Å². The van der Waals surface area contributed by atoms with Crippen molar-refractivity contribution in [3.8, 4) is 0 Å². The number of nitrogens with zero attached hydrogens (tertiary/aromatic N) is 1. The Labute approximate surface area is 95.2 Å². The smallest absolute Gasteiger partial charge is 0.0249 e. The largest absolute Gasteiger partial charge is 0.326 e. The van der Waals surface area contributed by atoms with Crippen LogP contribution in [-0.2, 0) is 0 Å². The Bertz CT molecular complexity index is 168. The maximum Gasteiger partial charge on any atom is 0.0249 e. The molecule has 0 radical (unpaired) electrons. The Hall–Kier alpha value is -0.0800. The van der Waals surface area contributed by atoms with E-state index < -0.39 is 0 Å². The predicted octanol–water partition coefficient (Wildman–Crippen LogP) is 2.77. The first-order valence-corrected chi connectivity index (χ1v) is 6.68.